The number of esters is 1. The first kappa shape index (κ1) is 17.2. The number of halogens is 3. The first-order chi connectivity index (χ1) is 11.2. The molecule has 10 heteroatoms. The molecule has 0 aliphatic rings. The maximum absolute atomic E-state index is 13.3. The Morgan fingerprint density at radius 1 is 1.29 bits per heavy atom. The minimum absolute atomic E-state index is 0.209. The Hall–Kier alpha value is -3.17. The lowest BCUT2D eigenvalue weighted by molar-refractivity contribution is -0.385. The third-order valence-corrected chi connectivity index (χ3v) is 3.10. The molecule has 0 aliphatic carbocycles. The summed E-state index contributed by atoms with van der Waals surface area (Å²) in [5.41, 5.74) is -4.69. The fraction of sp³-hybridized carbons (Fsp3) is 0.143. The van der Waals surface area contributed by atoms with Gasteiger partial charge in [-0.05, 0) is 12.1 Å². The normalized spacial score (nSPS) is 11.2. The van der Waals surface area contributed by atoms with Gasteiger partial charge in [0.15, 0.2) is 0 Å². The molecular weight excluding hydrogens is 333 g/mol. The molecule has 0 N–H and O–H groups in total. The van der Waals surface area contributed by atoms with Gasteiger partial charge in [-0.1, -0.05) is 6.07 Å². The van der Waals surface area contributed by atoms with Gasteiger partial charge < -0.3 is 4.74 Å². The van der Waals surface area contributed by atoms with E-state index in [2.05, 4.69) is 4.74 Å². The first-order valence-electron chi connectivity index (χ1n) is 6.33. The van der Waals surface area contributed by atoms with Crippen molar-refractivity contribution in [1.29, 1.82) is 0 Å². The zero-order valence-electron chi connectivity index (χ0n) is 12.0. The second-order valence-corrected chi connectivity index (χ2v) is 4.54. The minimum Gasteiger partial charge on any atom is -0.465 e. The number of hydrogen-bond acceptors (Lipinski definition) is 5. The van der Waals surface area contributed by atoms with Crippen molar-refractivity contribution in [2.24, 2.45) is 0 Å². The molecule has 0 aliphatic heterocycles. The van der Waals surface area contributed by atoms with Gasteiger partial charge in [0.2, 0.25) is 0 Å². The van der Waals surface area contributed by atoms with Gasteiger partial charge in [-0.15, -0.1) is 0 Å². The van der Waals surface area contributed by atoms with E-state index in [1.165, 1.54) is 12.1 Å². The summed E-state index contributed by atoms with van der Waals surface area (Å²) in [6.07, 6.45) is -3.93. The number of carbonyl (C=O) groups excluding carboxylic acids is 1. The lowest BCUT2D eigenvalue weighted by Gasteiger charge is -2.15. The van der Waals surface area contributed by atoms with Gasteiger partial charge in [0.1, 0.15) is 5.56 Å². The van der Waals surface area contributed by atoms with Crippen LogP contribution in [0.3, 0.4) is 0 Å². The molecule has 0 unspecified atom stereocenters. The number of nitro benzene ring substituents is 1. The molecule has 7 nitrogen and oxygen atoms in total. The summed E-state index contributed by atoms with van der Waals surface area (Å²) in [5, 5.41) is 11.0. The van der Waals surface area contributed by atoms with Gasteiger partial charge in [0.05, 0.1) is 23.3 Å². The van der Waals surface area contributed by atoms with Gasteiger partial charge in [-0.2, -0.15) is 13.2 Å². The van der Waals surface area contributed by atoms with E-state index in [9.17, 15) is 32.9 Å². The van der Waals surface area contributed by atoms with E-state index >= 15 is 0 Å². The highest BCUT2D eigenvalue weighted by molar-refractivity contribution is 5.95. The molecule has 1 aromatic heterocycles. The van der Waals surface area contributed by atoms with Crippen molar-refractivity contribution in [3.8, 4) is 5.69 Å². The van der Waals surface area contributed by atoms with Crippen molar-refractivity contribution in [2.75, 3.05) is 7.11 Å². The minimum atomic E-state index is -4.98. The molecule has 0 fully saturated rings. The number of alkyl halides is 3. The molecule has 2 rings (SSSR count). The van der Waals surface area contributed by atoms with Crippen molar-refractivity contribution in [2.45, 2.75) is 6.18 Å². The molecule has 0 atom stereocenters. The Bertz CT molecular complexity index is 873. The number of ether oxygens (including phenoxy) is 1. The zero-order valence-corrected chi connectivity index (χ0v) is 12.0. The van der Waals surface area contributed by atoms with Crippen LogP contribution < -0.4 is 5.56 Å². The van der Waals surface area contributed by atoms with E-state index in [0.29, 0.717) is 10.6 Å². The highest BCUT2D eigenvalue weighted by atomic mass is 19.4. The van der Waals surface area contributed by atoms with Crippen molar-refractivity contribution in [1.82, 2.24) is 4.57 Å². The lowest BCUT2D eigenvalue weighted by Crippen LogP contribution is -2.21. The van der Waals surface area contributed by atoms with E-state index in [1.807, 2.05) is 0 Å². The van der Waals surface area contributed by atoms with Crippen LogP contribution in [0.15, 0.2) is 41.3 Å². The van der Waals surface area contributed by atoms with Crippen LogP contribution in [0.5, 0.6) is 0 Å². The van der Waals surface area contributed by atoms with Crippen molar-refractivity contribution < 1.29 is 27.6 Å². The predicted molar refractivity (Wildman–Crippen MR) is 75.0 cm³/mol. The number of methoxy groups -OCH3 is 1. The largest absolute Gasteiger partial charge is 0.465 e. The second kappa shape index (κ2) is 6.14. The van der Waals surface area contributed by atoms with Gasteiger partial charge in [-0.25, -0.2) is 4.79 Å². The third-order valence-electron chi connectivity index (χ3n) is 3.10. The molecule has 1 heterocycles. The van der Waals surface area contributed by atoms with Crippen LogP contribution in [0, 0.1) is 10.1 Å². The van der Waals surface area contributed by atoms with Crippen LogP contribution in [0.1, 0.15) is 15.9 Å². The summed E-state index contributed by atoms with van der Waals surface area (Å²) in [7, 11) is 0.929. The van der Waals surface area contributed by atoms with Crippen LogP contribution in [0.4, 0.5) is 18.9 Å². The average Bonchev–Trinajstić information content (AvgIpc) is 2.52. The van der Waals surface area contributed by atoms with Crippen LogP contribution in [-0.4, -0.2) is 22.6 Å². The first-order valence-corrected chi connectivity index (χ1v) is 6.33. The van der Waals surface area contributed by atoms with E-state index in [-0.39, 0.29) is 6.07 Å². The Labute approximate surface area is 132 Å². The molecule has 1 aromatic carbocycles. The quantitative estimate of drug-likeness (QED) is 0.486. The molecule has 0 spiro atoms. The Kier molecular flexibility index (Phi) is 4.40. The smallest absolute Gasteiger partial charge is 0.418 e. The van der Waals surface area contributed by atoms with Crippen LogP contribution in [0.2, 0.25) is 0 Å². The Morgan fingerprint density at radius 3 is 2.46 bits per heavy atom. The molecule has 0 bridgehead atoms. The number of nitro groups is 1. The van der Waals surface area contributed by atoms with E-state index in [1.54, 1.807) is 0 Å². The monoisotopic (exact) mass is 342 g/mol. The summed E-state index contributed by atoms with van der Waals surface area (Å²) in [4.78, 5) is 33.4. The SMILES string of the molecule is COC(=O)c1cc(-n2ccccc2=O)c(C(F)(F)F)cc1[N+](=O)[O-]. The fourth-order valence-corrected chi connectivity index (χ4v) is 2.05. The average molecular weight is 342 g/mol. The second-order valence-electron chi connectivity index (χ2n) is 4.54. The lowest BCUT2D eigenvalue weighted by atomic mass is 10.1. The fourth-order valence-electron chi connectivity index (χ4n) is 2.05. The molecule has 0 saturated heterocycles. The molecule has 24 heavy (non-hydrogen) atoms. The van der Waals surface area contributed by atoms with Gasteiger partial charge >= 0.3 is 12.1 Å². The standard InChI is InChI=1S/C14H9F3N2O5/c1-24-13(21)8-6-11(18-5-3-2-4-12(18)20)9(14(15,16)17)7-10(8)19(22)23/h2-7H,1H3. The number of nitrogens with zero attached hydrogens (tertiary/aromatic N) is 2. The van der Waals surface area contributed by atoms with Crippen molar-refractivity contribution >= 4 is 11.7 Å². The molecule has 2 aromatic rings. The van der Waals surface area contributed by atoms with E-state index in [0.717, 1.165) is 19.4 Å². The van der Waals surface area contributed by atoms with Gasteiger partial charge in [-0.3, -0.25) is 19.5 Å². The Balaban J connectivity index is 2.91. The molecule has 0 saturated carbocycles. The van der Waals surface area contributed by atoms with E-state index in [4.69, 9.17) is 0 Å². The maximum Gasteiger partial charge on any atom is 0.418 e. The summed E-state index contributed by atoms with van der Waals surface area (Å²) in [6.45, 7) is 0. The van der Waals surface area contributed by atoms with Crippen LogP contribution >= 0.6 is 0 Å². The zero-order chi connectivity index (χ0) is 18.1. The predicted octanol–water partition coefficient (Wildman–Crippen LogP) is 2.55. The molecule has 0 amide bonds. The number of aromatic nitrogens is 1. The molecular formula is C14H9F3N2O5. The number of benzene rings is 1. The van der Waals surface area contributed by atoms with E-state index < -0.39 is 45.1 Å². The van der Waals surface area contributed by atoms with Gasteiger partial charge in [0.25, 0.3) is 11.2 Å². The third kappa shape index (κ3) is 3.12. The van der Waals surface area contributed by atoms with Crippen molar-refractivity contribution in [3.05, 3.63) is 68.1 Å². The number of rotatable bonds is 3. The maximum atomic E-state index is 13.3. The molecule has 126 valence electrons. The topological polar surface area (TPSA) is 91.4 Å². The summed E-state index contributed by atoms with van der Waals surface area (Å²) in [6, 6.07) is 4.47. The summed E-state index contributed by atoms with van der Waals surface area (Å²) >= 11 is 0. The van der Waals surface area contributed by atoms with Crippen LogP contribution in [-0.2, 0) is 10.9 Å². The highest BCUT2D eigenvalue weighted by Gasteiger charge is 2.38. The van der Waals surface area contributed by atoms with Gasteiger partial charge in [0, 0.05) is 18.3 Å². The van der Waals surface area contributed by atoms with Crippen molar-refractivity contribution in [3.63, 3.8) is 0 Å². The highest BCUT2D eigenvalue weighted by Crippen LogP contribution is 2.37. The summed E-state index contributed by atoms with van der Waals surface area (Å²) < 4.78 is 44.8. The number of carbonyl (C=O) groups is 1. The Morgan fingerprint density at radius 2 is 1.96 bits per heavy atom. The summed E-state index contributed by atoms with van der Waals surface area (Å²) in [5.74, 6) is -1.19. The molecule has 0 radical (unpaired) electrons. The van der Waals surface area contributed by atoms with Crippen LogP contribution in [0.25, 0.3) is 5.69 Å². The number of pyridine rings is 1. The number of hydrogen-bond donors (Lipinski definition) is 0.